The Bertz CT molecular complexity index is 1480. The number of aliphatic hydroxyl groups is 2. The zero-order valence-corrected chi connectivity index (χ0v) is 43.0. The molecule has 3 N–H and O–H groups in total. The van der Waals surface area contributed by atoms with Crippen molar-refractivity contribution < 1.29 is 58.2 Å². The summed E-state index contributed by atoms with van der Waals surface area (Å²) in [4.78, 5) is 50.9. The predicted octanol–water partition coefficient (Wildman–Crippen LogP) is 13.0. The monoisotopic (exact) mass is 971 g/mol. The predicted molar refractivity (Wildman–Crippen MR) is 275 cm³/mol. The lowest BCUT2D eigenvalue weighted by Crippen LogP contribution is -2.61. The standard InChI is InChI=1S/C57H94O12/c1-4-7-10-13-16-19-22-24-25-27-29-31-34-37-40-43-49(58)65-46-48(67-50(59)44-41-38-35-33-30-26-23-20-17-14-11-8-5-2)47-66-57-55(53(62)52(61)54(69-57)56(63)64)68-51(60)45-42-39-36-32-28-21-18-15-12-9-6-3/h7-8,10-11,16-17,19-20,24-26,30,48,52-55,57,61-62H,4-6,9,12-15,18,21-23,27-29,31-47H2,1-3H3,(H,63,64)/b10-7-,11-8-,19-16-,20-17-,25-24-,30-26-. The Morgan fingerprint density at radius 3 is 1.41 bits per heavy atom. The molecule has 1 rings (SSSR count). The lowest BCUT2D eigenvalue weighted by molar-refractivity contribution is -0.301. The van der Waals surface area contributed by atoms with Crippen molar-refractivity contribution in [2.75, 3.05) is 13.2 Å². The number of aliphatic carboxylic acids is 1. The maximum Gasteiger partial charge on any atom is 0.335 e. The van der Waals surface area contributed by atoms with Gasteiger partial charge in [-0.25, -0.2) is 4.79 Å². The molecule has 6 unspecified atom stereocenters. The Kier molecular flexibility index (Phi) is 41.5. The Labute approximate surface area is 417 Å². The van der Waals surface area contributed by atoms with Gasteiger partial charge in [-0.15, -0.1) is 0 Å². The van der Waals surface area contributed by atoms with Gasteiger partial charge in [-0.3, -0.25) is 14.4 Å². The largest absolute Gasteiger partial charge is 0.479 e. The van der Waals surface area contributed by atoms with Crippen molar-refractivity contribution >= 4 is 23.9 Å². The van der Waals surface area contributed by atoms with E-state index in [0.29, 0.717) is 19.3 Å². The summed E-state index contributed by atoms with van der Waals surface area (Å²) in [6, 6.07) is 0. The Balaban J connectivity index is 2.75. The number of aliphatic hydroxyl groups excluding tert-OH is 2. The van der Waals surface area contributed by atoms with Gasteiger partial charge in [0.05, 0.1) is 6.61 Å². The minimum Gasteiger partial charge on any atom is -0.479 e. The van der Waals surface area contributed by atoms with Crippen LogP contribution < -0.4 is 0 Å². The number of hydrogen-bond donors (Lipinski definition) is 3. The van der Waals surface area contributed by atoms with E-state index in [0.717, 1.165) is 116 Å². The minimum atomic E-state index is -1.91. The summed E-state index contributed by atoms with van der Waals surface area (Å²) in [7, 11) is 0. The van der Waals surface area contributed by atoms with Crippen LogP contribution in [0.2, 0.25) is 0 Å². The number of carbonyl (C=O) groups excluding carboxylic acids is 3. The number of carboxylic acid groups (broad SMARTS) is 1. The second-order valence-corrected chi connectivity index (χ2v) is 18.1. The maximum absolute atomic E-state index is 13.1. The van der Waals surface area contributed by atoms with Gasteiger partial charge < -0.3 is 39.0 Å². The Hall–Kier alpha value is -3.84. The van der Waals surface area contributed by atoms with Crippen LogP contribution in [0.5, 0.6) is 0 Å². The summed E-state index contributed by atoms with van der Waals surface area (Å²) in [6.45, 7) is 5.69. The molecule has 0 bridgehead atoms. The summed E-state index contributed by atoms with van der Waals surface area (Å²) in [5.74, 6) is -3.19. The lowest BCUT2D eigenvalue weighted by Gasteiger charge is -2.40. The highest BCUT2D eigenvalue weighted by Crippen LogP contribution is 2.26. The topological polar surface area (TPSA) is 175 Å². The highest BCUT2D eigenvalue weighted by atomic mass is 16.7. The Morgan fingerprint density at radius 1 is 0.493 bits per heavy atom. The normalized spacial score (nSPS) is 19.2. The first kappa shape index (κ1) is 63.2. The van der Waals surface area contributed by atoms with E-state index in [1.165, 1.54) is 38.5 Å². The molecule has 1 aliphatic rings. The highest BCUT2D eigenvalue weighted by Gasteiger charge is 2.50. The number of ether oxygens (including phenoxy) is 5. The fourth-order valence-corrected chi connectivity index (χ4v) is 7.69. The molecule has 69 heavy (non-hydrogen) atoms. The molecule has 0 aromatic carbocycles. The van der Waals surface area contributed by atoms with Crippen molar-refractivity contribution in [1.82, 2.24) is 0 Å². The van der Waals surface area contributed by atoms with Gasteiger partial charge in [-0.2, -0.15) is 0 Å². The molecule has 12 heteroatoms. The number of allylic oxidation sites excluding steroid dienone is 12. The molecule has 0 amide bonds. The van der Waals surface area contributed by atoms with E-state index in [2.05, 4.69) is 93.7 Å². The van der Waals surface area contributed by atoms with Crippen molar-refractivity contribution in [2.45, 2.75) is 250 Å². The molecule has 1 fully saturated rings. The summed E-state index contributed by atoms with van der Waals surface area (Å²) in [5.41, 5.74) is 0. The number of carbonyl (C=O) groups is 4. The fourth-order valence-electron chi connectivity index (χ4n) is 7.69. The second-order valence-electron chi connectivity index (χ2n) is 18.1. The molecule has 6 atom stereocenters. The van der Waals surface area contributed by atoms with Crippen LogP contribution in [0.3, 0.4) is 0 Å². The van der Waals surface area contributed by atoms with Gasteiger partial charge in [0.2, 0.25) is 0 Å². The van der Waals surface area contributed by atoms with Gasteiger partial charge >= 0.3 is 23.9 Å². The van der Waals surface area contributed by atoms with Crippen molar-refractivity contribution in [3.8, 4) is 0 Å². The first-order valence-corrected chi connectivity index (χ1v) is 26.9. The average Bonchev–Trinajstić information content (AvgIpc) is 3.33. The van der Waals surface area contributed by atoms with Crippen molar-refractivity contribution in [3.05, 3.63) is 72.9 Å². The number of unbranched alkanes of at least 4 members (excludes halogenated alkanes) is 18. The first-order chi connectivity index (χ1) is 33.6. The lowest BCUT2D eigenvalue weighted by atomic mass is 9.98. The number of rotatable bonds is 44. The van der Waals surface area contributed by atoms with E-state index in [1.807, 2.05) is 0 Å². The number of esters is 3. The molecule has 0 radical (unpaired) electrons. The SMILES string of the molecule is CC/C=C\C/C=C\C/C=C\CCCCCCCC(=O)OCC(COC1OC(C(=O)O)C(O)C(O)C1OC(=O)CCCCCCCCCCCCC)OC(=O)CCCCC/C=C\C/C=C\C/C=C\CC. The van der Waals surface area contributed by atoms with E-state index in [9.17, 15) is 34.5 Å². The highest BCUT2D eigenvalue weighted by molar-refractivity contribution is 5.74. The Morgan fingerprint density at radius 2 is 0.913 bits per heavy atom. The fraction of sp³-hybridized carbons (Fsp3) is 0.719. The first-order valence-electron chi connectivity index (χ1n) is 26.9. The van der Waals surface area contributed by atoms with Crippen LogP contribution in [0.1, 0.15) is 213 Å². The third-order valence-corrected chi connectivity index (χ3v) is 11.8. The summed E-state index contributed by atoms with van der Waals surface area (Å²) in [6.07, 6.45) is 43.2. The van der Waals surface area contributed by atoms with Crippen LogP contribution in [0.4, 0.5) is 0 Å². The summed E-state index contributed by atoms with van der Waals surface area (Å²) < 4.78 is 28.3. The zero-order chi connectivity index (χ0) is 50.4. The molecule has 1 heterocycles. The van der Waals surface area contributed by atoms with Gasteiger partial charge in [0.25, 0.3) is 0 Å². The summed E-state index contributed by atoms with van der Waals surface area (Å²) >= 11 is 0. The van der Waals surface area contributed by atoms with Crippen LogP contribution in [-0.4, -0.2) is 89.2 Å². The third kappa shape index (κ3) is 35.8. The number of hydrogen-bond acceptors (Lipinski definition) is 11. The van der Waals surface area contributed by atoms with E-state index in [4.69, 9.17) is 23.7 Å². The smallest absolute Gasteiger partial charge is 0.335 e. The van der Waals surface area contributed by atoms with Gasteiger partial charge in [0.15, 0.2) is 24.6 Å². The van der Waals surface area contributed by atoms with Gasteiger partial charge in [-0.1, -0.05) is 184 Å². The van der Waals surface area contributed by atoms with Crippen LogP contribution in [0.25, 0.3) is 0 Å². The molecule has 0 spiro atoms. The van der Waals surface area contributed by atoms with E-state index in [1.54, 1.807) is 0 Å². The molecule has 12 nitrogen and oxygen atoms in total. The van der Waals surface area contributed by atoms with Crippen LogP contribution in [0.15, 0.2) is 72.9 Å². The van der Waals surface area contributed by atoms with Crippen molar-refractivity contribution in [1.29, 1.82) is 0 Å². The molecular formula is C57H94O12. The maximum atomic E-state index is 13.1. The average molecular weight is 971 g/mol. The molecule has 394 valence electrons. The van der Waals surface area contributed by atoms with Gasteiger partial charge in [-0.05, 0) is 83.5 Å². The molecule has 0 saturated carbocycles. The zero-order valence-electron chi connectivity index (χ0n) is 43.0. The molecule has 1 saturated heterocycles. The van der Waals surface area contributed by atoms with Crippen LogP contribution in [0, 0.1) is 0 Å². The summed E-state index contributed by atoms with van der Waals surface area (Å²) in [5, 5.41) is 31.3. The molecular weight excluding hydrogens is 877 g/mol. The molecule has 0 aliphatic carbocycles. The molecule has 0 aromatic rings. The third-order valence-electron chi connectivity index (χ3n) is 11.8. The van der Waals surface area contributed by atoms with Gasteiger partial charge in [0, 0.05) is 19.3 Å². The minimum absolute atomic E-state index is 0.0551. The molecule has 0 aromatic heterocycles. The van der Waals surface area contributed by atoms with Crippen molar-refractivity contribution in [2.24, 2.45) is 0 Å². The van der Waals surface area contributed by atoms with Crippen LogP contribution >= 0.6 is 0 Å². The quantitative estimate of drug-likeness (QED) is 0.0228. The van der Waals surface area contributed by atoms with E-state index < -0.39 is 67.3 Å². The van der Waals surface area contributed by atoms with Crippen LogP contribution in [-0.2, 0) is 42.9 Å². The van der Waals surface area contributed by atoms with E-state index in [-0.39, 0.29) is 25.9 Å². The van der Waals surface area contributed by atoms with E-state index >= 15 is 0 Å². The van der Waals surface area contributed by atoms with Gasteiger partial charge in [0.1, 0.15) is 18.8 Å². The number of carboxylic acids is 1. The molecule has 1 aliphatic heterocycles. The van der Waals surface area contributed by atoms with Crippen molar-refractivity contribution in [3.63, 3.8) is 0 Å². The second kappa shape index (κ2) is 45.3.